The molecule has 0 fully saturated rings. The Morgan fingerprint density at radius 3 is 2.88 bits per heavy atom. The number of nitrogens with one attached hydrogen (secondary N) is 1. The van der Waals surface area contributed by atoms with Crippen molar-refractivity contribution in [1.82, 2.24) is 14.8 Å². The summed E-state index contributed by atoms with van der Waals surface area (Å²) in [6, 6.07) is -0.345. The van der Waals surface area contributed by atoms with Crippen molar-refractivity contribution in [2.75, 3.05) is 5.32 Å². The van der Waals surface area contributed by atoms with Crippen molar-refractivity contribution in [2.45, 2.75) is 19.9 Å². The van der Waals surface area contributed by atoms with Gasteiger partial charge in [0.1, 0.15) is 6.04 Å². The fourth-order valence-corrected chi connectivity index (χ4v) is 2.35. The summed E-state index contributed by atoms with van der Waals surface area (Å²) in [5, 5.41) is 7.52. The lowest BCUT2D eigenvalue weighted by Crippen LogP contribution is -2.23. The molecule has 0 aliphatic heterocycles. The van der Waals surface area contributed by atoms with E-state index in [-0.39, 0.29) is 11.9 Å². The third kappa shape index (κ3) is 3.03. The van der Waals surface area contributed by atoms with E-state index in [1.807, 2.05) is 13.1 Å². The highest BCUT2D eigenvalue weighted by atomic mass is 127. The lowest BCUT2D eigenvalue weighted by Gasteiger charge is -2.10. The number of amides is 1. The maximum atomic E-state index is 11.9. The molecule has 0 radical (unpaired) electrons. The third-order valence-corrected chi connectivity index (χ3v) is 3.58. The van der Waals surface area contributed by atoms with Crippen LogP contribution in [0.2, 0.25) is 0 Å². The Hall–Kier alpha value is -0.960. The van der Waals surface area contributed by atoms with Crippen LogP contribution in [0.25, 0.3) is 0 Å². The molecular weight excluding hydrogens is 351 g/mol. The minimum Gasteiger partial charge on any atom is -0.300 e. The molecular formula is C10H11IN4OS. The van der Waals surface area contributed by atoms with Gasteiger partial charge in [0.2, 0.25) is 0 Å². The molecule has 1 N–H and O–H groups in total. The van der Waals surface area contributed by atoms with Gasteiger partial charge in [-0.2, -0.15) is 5.10 Å². The first kappa shape index (κ1) is 12.5. The molecule has 0 saturated heterocycles. The first-order valence-electron chi connectivity index (χ1n) is 4.99. The summed E-state index contributed by atoms with van der Waals surface area (Å²) < 4.78 is 2.64. The fraction of sp³-hybridized carbons (Fsp3) is 0.300. The second-order valence-electron chi connectivity index (χ2n) is 3.58. The molecule has 0 aliphatic carbocycles. The van der Waals surface area contributed by atoms with Crippen molar-refractivity contribution < 1.29 is 4.79 Å². The molecule has 0 aromatic carbocycles. The molecule has 90 valence electrons. The summed E-state index contributed by atoms with van der Waals surface area (Å²) in [6.45, 7) is 3.76. The molecule has 2 aromatic rings. The number of carbonyl (C=O) groups is 1. The van der Waals surface area contributed by atoms with Crippen molar-refractivity contribution in [3.8, 4) is 0 Å². The molecule has 1 atom stereocenters. The van der Waals surface area contributed by atoms with Crippen LogP contribution in [-0.4, -0.2) is 20.7 Å². The van der Waals surface area contributed by atoms with Gasteiger partial charge < -0.3 is 5.32 Å². The van der Waals surface area contributed by atoms with E-state index in [0.717, 1.165) is 8.45 Å². The van der Waals surface area contributed by atoms with Gasteiger partial charge >= 0.3 is 0 Å². The molecule has 0 spiro atoms. The Morgan fingerprint density at radius 1 is 1.59 bits per heavy atom. The average molecular weight is 362 g/mol. The van der Waals surface area contributed by atoms with E-state index in [4.69, 9.17) is 0 Å². The van der Waals surface area contributed by atoms with Crippen molar-refractivity contribution in [1.29, 1.82) is 0 Å². The van der Waals surface area contributed by atoms with E-state index in [1.165, 1.54) is 11.3 Å². The fourth-order valence-electron chi connectivity index (χ4n) is 1.27. The molecule has 5 nitrogen and oxygen atoms in total. The number of anilines is 1. The van der Waals surface area contributed by atoms with Crippen molar-refractivity contribution in [3.63, 3.8) is 0 Å². The largest absolute Gasteiger partial charge is 0.300 e. The van der Waals surface area contributed by atoms with Crippen LogP contribution < -0.4 is 5.32 Å². The number of hydrogen-bond acceptors (Lipinski definition) is 4. The van der Waals surface area contributed by atoms with Crippen LogP contribution in [0, 0.1) is 10.5 Å². The van der Waals surface area contributed by atoms with Crippen molar-refractivity contribution >= 4 is 45.0 Å². The second kappa shape index (κ2) is 5.13. The number of hydrogen-bond donors (Lipinski definition) is 1. The Labute approximate surface area is 116 Å². The normalized spacial score (nSPS) is 12.4. The predicted molar refractivity (Wildman–Crippen MR) is 75.1 cm³/mol. The minimum atomic E-state index is -0.345. The lowest BCUT2D eigenvalue weighted by atomic mass is 10.3. The zero-order valence-corrected chi connectivity index (χ0v) is 12.3. The van der Waals surface area contributed by atoms with E-state index in [9.17, 15) is 4.79 Å². The van der Waals surface area contributed by atoms with Gasteiger partial charge in [0.25, 0.3) is 5.91 Å². The predicted octanol–water partition coefficient (Wildman–Crippen LogP) is 2.45. The van der Waals surface area contributed by atoms with Crippen LogP contribution in [0.4, 0.5) is 5.13 Å². The van der Waals surface area contributed by atoms with Crippen LogP contribution in [0.3, 0.4) is 0 Å². The highest BCUT2D eigenvalue weighted by Gasteiger charge is 2.16. The molecule has 17 heavy (non-hydrogen) atoms. The lowest BCUT2D eigenvalue weighted by molar-refractivity contribution is -0.119. The SMILES string of the molecule is Cc1cnc(NC(=O)C(C)n2cc(I)cn2)s1. The molecule has 7 heteroatoms. The molecule has 2 aromatic heterocycles. The molecule has 1 unspecified atom stereocenters. The van der Waals surface area contributed by atoms with E-state index in [1.54, 1.807) is 24.0 Å². The number of aryl methyl sites for hydroxylation is 1. The van der Waals surface area contributed by atoms with E-state index in [0.29, 0.717) is 5.13 Å². The molecule has 1 amide bonds. The third-order valence-electron chi connectivity index (χ3n) is 2.20. The number of carbonyl (C=O) groups excluding carboxylic acids is 1. The van der Waals surface area contributed by atoms with Crippen LogP contribution >= 0.6 is 33.9 Å². The summed E-state index contributed by atoms with van der Waals surface area (Å²) >= 11 is 3.62. The monoisotopic (exact) mass is 362 g/mol. The Morgan fingerprint density at radius 2 is 2.35 bits per heavy atom. The smallest absolute Gasteiger partial charge is 0.250 e. The molecule has 2 rings (SSSR count). The summed E-state index contributed by atoms with van der Waals surface area (Å²) in [7, 11) is 0. The second-order valence-corrected chi connectivity index (χ2v) is 6.06. The van der Waals surface area contributed by atoms with Gasteiger partial charge in [0.05, 0.1) is 9.77 Å². The van der Waals surface area contributed by atoms with Crippen molar-refractivity contribution in [2.24, 2.45) is 0 Å². The topological polar surface area (TPSA) is 59.8 Å². The minimum absolute atomic E-state index is 0.112. The van der Waals surface area contributed by atoms with Crippen LogP contribution in [0.15, 0.2) is 18.6 Å². The molecule has 0 bridgehead atoms. The Kier molecular flexibility index (Phi) is 3.77. The van der Waals surface area contributed by atoms with Gasteiger partial charge in [0, 0.05) is 17.3 Å². The zero-order chi connectivity index (χ0) is 12.4. The summed E-state index contributed by atoms with van der Waals surface area (Å²) in [5.74, 6) is -0.112. The summed E-state index contributed by atoms with van der Waals surface area (Å²) in [6.07, 6.45) is 5.29. The summed E-state index contributed by atoms with van der Waals surface area (Å²) in [4.78, 5) is 17.1. The molecule has 0 aliphatic rings. The van der Waals surface area contributed by atoms with Gasteiger partial charge in [-0.1, -0.05) is 0 Å². The average Bonchev–Trinajstić information content (AvgIpc) is 2.87. The number of rotatable bonds is 3. The number of thiazole rings is 1. The van der Waals surface area contributed by atoms with Crippen LogP contribution in [-0.2, 0) is 4.79 Å². The number of aromatic nitrogens is 3. The summed E-state index contributed by atoms with van der Waals surface area (Å²) in [5.41, 5.74) is 0. The van der Waals surface area contributed by atoms with Crippen LogP contribution in [0.1, 0.15) is 17.8 Å². The highest BCUT2D eigenvalue weighted by molar-refractivity contribution is 14.1. The quantitative estimate of drug-likeness (QED) is 0.854. The first-order chi connectivity index (χ1) is 8.06. The van der Waals surface area contributed by atoms with Gasteiger partial charge in [0.15, 0.2) is 5.13 Å². The Bertz CT molecular complexity index is 536. The van der Waals surface area contributed by atoms with Gasteiger partial charge in [-0.05, 0) is 36.4 Å². The Balaban J connectivity index is 2.05. The van der Waals surface area contributed by atoms with Gasteiger partial charge in [-0.25, -0.2) is 4.98 Å². The number of halogens is 1. The highest BCUT2D eigenvalue weighted by Crippen LogP contribution is 2.18. The van der Waals surface area contributed by atoms with Gasteiger partial charge in [-0.3, -0.25) is 9.48 Å². The maximum Gasteiger partial charge on any atom is 0.250 e. The van der Waals surface area contributed by atoms with Gasteiger partial charge in [-0.15, -0.1) is 11.3 Å². The molecule has 2 heterocycles. The van der Waals surface area contributed by atoms with E-state index < -0.39 is 0 Å². The zero-order valence-electron chi connectivity index (χ0n) is 9.35. The van der Waals surface area contributed by atoms with E-state index in [2.05, 4.69) is 38.0 Å². The standard InChI is InChI=1S/C10H11IN4OS/c1-6-3-12-10(17-6)14-9(16)7(2)15-5-8(11)4-13-15/h3-5,7H,1-2H3,(H,12,14,16). The van der Waals surface area contributed by atoms with Crippen LogP contribution in [0.5, 0.6) is 0 Å². The number of nitrogens with zero attached hydrogens (tertiary/aromatic N) is 3. The first-order valence-corrected chi connectivity index (χ1v) is 6.89. The maximum absolute atomic E-state index is 11.9. The van der Waals surface area contributed by atoms with E-state index >= 15 is 0 Å². The molecule has 0 saturated carbocycles. The van der Waals surface area contributed by atoms with Crippen molar-refractivity contribution in [3.05, 3.63) is 27.0 Å².